The fourth-order valence-corrected chi connectivity index (χ4v) is 2.17. The van der Waals surface area contributed by atoms with Crippen molar-refractivity contribution < 1.29 is 14.5 Å². The molecular formula is C13H17N3O4. The highest BCUT2D eigenvalue weighted by molar-refractivity contribution is 5.95. The van der Waals surface area contributed by atoms with Gasteiger partial charge in [0.25, 0.3) is 11.6 Å². The van der Waals surface area contributed by atoms with Gasteiger partial charge in [0.05, 0.1) is 17.1 Å². The monoisotopic (exact) mass is 279 g/mol. The van der Waals surface area contributed by atoms with Crippen LogP contribution in [0.3, 0.4) is 0 Å². The molecule has 1 atom stereocenters. The van der Waals surface area contributed by atoms with E-state index in [0.717, 1.165) is 6.42 Å². The van der Waals surface area contributed by atoms with Gasteiger partial charge in [0.2, 0.25) is 0 Å². The summed E-state index contributed by atoms with van der Waals surface area (Å²) in [6.07, 6.45) is 0.758. The fraction of sp³-hybridized carbons (Fsp3) is 0.462. The molecule has 1 aliphatic heterocycles. The summed E-state index contributed by atoms with van der Waals surface area (Å²) in [6, 6.07) is 4.28. The van der Waals surface area contributed by atoms with Crippen molar-refractivity contribution in [1.29, 1.82) is 0 Å². The van der Waals surface area contributed by atoms with Crippen molar-refractivity contribution in [2.45, 2.75) is 18.9 Å². The largest absolute Gasteiger partial charge is 0.379 e. The number of hydrogen-bond acceptors (Lipinski definition) is 5. The summed E-state index contributed by atoms with van der Waals surface area (Å²) >= 11 is 0. The Bertz CT molecular complexity index is 538. The maximum atomic E-state index is 11.6. The van der Waals surface area contributed by atoms with E-state index in [9.17, 15) is 14.9 Å². The Labute approximate surface area is 116 Å². The number of hydrogen-bond donors (Lipinski definition) is 2. The summed E-state index contributed by atoms with van der Waals surface area (Å²) in [5.41, 5.74) is 0.310. The number of ether oxygens (including phenoxy) is 1. The van der Waals surface area contributed by atoms with Gasteiger partial charge in [-0.25, -0.2) is 0 Å². The topological polar surface area (TPSA) is 93.5 Å². The average molecular weight is 279 g/mol. The van der Waals surface area contributed by atoms with Crippen LogP contribution in [0.2, 0.25) is 0 Å². The quantitative estimate of drug-likeness (QED) is 0.644. The lowest BCUT2D eigenvalue weighted by molar-refractivity contribution is -0.384. The van der Waals surface area contributed by atoms with Crippen LogP contribution in [-0.2, 0) is 4.74 Å². The van der Waals surface area contributed by atoms with Gasteiger partial charge in [-0.15, -0.1) is 0 Å². The zero-order chi connectivity index (χ0) is 14.8. The van der Waals surface area contributed by atoms with Crippen LogP contribution in [-0.4, -0.2) is 36.6 Å². The number of amides is 1. The van der Waals surface area contributed by atoms with Gasteiger partial charge in [0, 0.05) is 25.3 Å². The molecule has 0 aromatic heterocycles. The third-order valence-electron chi connectivity index (χ3n) is 3.34. The molecule has 108 valence electrons. The van der Waals surface area contributed by atoms with Crippen LogP contribution in [0.5, 0.6) is 0 Å². The van der Waals surface area contributed by atoms with Gasteiger partial charge in [-0.3, -0.25) is 14.9 Å². The summed E-state index contributed by atoms with van der Waals surface area (Å²) in [5, 5.41) is 16.7. The van der Waals surface area contributed by atoms with Crippen molar-refractivity contribution in [2.75, 3.05) is 25.6 Å². The van der Waals surface area contributed by atoms with Crippen molar-refractivity contribution in [2.24, 2.45) is 0 Å². The van der Waals surface area contributed by atoms with E-state index in [4.69, 9.17) is 4.74 Å². The van der Waals surface area contributed by atoms with E-state index >= 15 is 0 Å². The first kappa shape index (κ1) is 14.3. The SMILES string of the molecule is CNC(=O)c1ccc([N+](=O)[O-])c(NC2(C)CCOC2)c1. The highest BCUT2D eigenvalue weighted by atomic mass is 16.6. The highest BCUT2D eigenvalue weighted by Crippen LogP contribution is 2.31. The van der Waals surface area contributed by atoms with E-state index in [1.807, 2.05) is 6.92 Å². The zero-order valence-corrected chi connectivity index (χ0v) is 11.4. The number of nitro benzene ring substituents is 1. The van der Waals surface area contributed by atoms with E-state index in [1.165, 1.54) is 25.2 Å². The van der Waals surface area contributed by atoms with E-state index in [1.54, 1.807) is 0 Å². The molecule has 1 aliphatic rings. The zero-order valence-electron chi connectivity index (χ0n) is 11.4. The van der Waals surface area contributed by atoms with E-state index in [0.29, 0.717) is 24.5 Å². The van der Waals surface area contributed by atoms with E-state index < -0.39 is 4.92 Å². The van der Waals surface area contributed by atoms with Crippen molar-refractivity contribution in [1.82, 2.24) is 5.32 Å². The highest BCUT2D eigenvalue weighted by Gasteiger charge is 2.31. The number of nitro groups is 1. The Balaban J connectivity index is 2.36. The first-order valence-electron chi connectivity index (χ1n) is 6.32. The lowest BCUT2D eigenvalue weighted by Gasteiger charge is -2.25. The summed E-state index contributed by atoms with van der Waals surface area (Å²) in [5.74, 6) is -0.282. The van der Waals surface area contributed by atoms with Crippen molar-refractivity contribution >= 4 is 17.3 Å². The summed E-state index contributed by atoms with van der Waals surface area (Å²) in [4.78, 5) is 22.3. The van der Waals surface area contributed by atoms with Gasteiger partial charge in [-0.2, -0.15) is 0 Å². The van der Waals surface area contributed by atoms with Gasteiger partial charge in [0.15, 0.2) is 0 Å². The molecule has 1 saturated heterocycles. The van der Waals surface area contributed by atoms with Gasteiger partial charge in [-0.05, 0) is 25.5 Å². The molecule has 20 heavy (non-hydrogen) atoms. The van der Waals surface area contributed by atoms with E-state index in [2.05, 4.69) is 10.6 Å². The normalized spacial score (nSPS) is 21.5. The van der Waals surface area contributed by atoms with Gasteiger partial charge >= 0.3 is 0 Å². The average Bonchev–Trinajstić information content (AvgIpc) is 2.83. The Morgan fingerprint density at radius 1 is 1.50 bits per heavy atom. The minimum absolute atomic E-state index is 0.0502. The molecule has 0 bridgehead atoms. The van der Waals surface area contributed by atoms with Crippen LogP contribution in [0.1, 0.15) is 23.7 Å². The number of nitrogens with one attached hydrogen (secondary N) is 2. The third-order valence-corrected chi connectivity index (χ3v) is 3.34. The molecule has 0 radical (unpaired) electrons. The second-order valence-corrected chi connectivity index (χ2v) is 5.06. The molecule has 1 fully saturated rings. The minimum Gasteiger partial charge on any atom is -0.379 e. The van der Waals surface area contributed by atoms with Crippen LogP contribution < -0.4 is 10.6 Å². The standard InChI is InChI=1S/C13H17N3O4/c1-13(5-6-20-8-13)15-10-7-9(12(17)14-2)3-4-11(10)16(18)19/h3-4,7,15H,5-6,8H2,1-2H3,(H,14,17). The molecule has 0 aliphatic carbocycles. The smallest absolute Gasteiger partial charge is 0.292 e. The molecule has 0 spiro atoms. The maximum Gasteiger partial charge on any atom is 0.292 e. The minimum atomic E-state index is -0.463. The predicted octanol–water partition coefficient (Wildman–Crippen LogP) is 1.55. The second-order valence-electron chi connectivity index (χ2n) is 5.06. The van der Waals surface area contributed by atoms with Crippen LogP contribution in [0, 0.1) is 10.1 Å². The Morgan fingerprint density at radius 3 is 2.80 bits per heavy atom. The molecule has 1 aromatic carbocycles. The lowest BCUT2D eigenvalue weighted by atomic mass is 10.0. The number of carbonyl (C=O) groups excluding carboxylic acids is 1. The summed E-state index contributed by atoms with van der Waals surface area (Å²) < 4.78 is 5.32. The predicted molar refractivity (Wildman–Crippen MR) is 74.0 cm³/mol. The molecule has 1 heterocycles. The maximum absolute atomic E-state index is 11.6. The lowest BCUT2D eigenvalue weighted by Crippen LogP contribution is -2.35. The molecule has 1 aromatic rings. The first-order valence-corrected chi connectivity index (χ1v) is 6.32. The van der Waals surface area contributed by atoms with Crippen molar-refractivity contribution in [3.05, 3.63) is 33.9 Å². The van der Waals surface area contributed by atoms with Crippen molar-refractivity contribution in [3.63, 3.8) is 0 Å². The van der Waals surface area contributed by atoms with E-state index in [-0.39, 0.29) is 17.1 Å². The first-order chi connectivity index (χ1) is 9.45. The number of rotatable bonds is 4. The van der Waals surface area contributed by atoms with Crippen LogP contribution >= 0.6 is 0 Å². The molecule has 2 rings (SSSR count). The van der Waals surface area contributed by atoms with Crippen molar-refractivity contribution in [3.8, 4) is 0 Å². The van der Waals surface area contributed by atoms with Crippen LogP contribution in [0.4, 0.5) is 11.4 Å². The summed E-state index contributed by atoms with van der Waals surface area (Å²) in [6.45, 7) is 3.04. The fourth-order valence-electron chi connectivity index (χ4n) is 2.17. The van der Waals surface area contributed by atoms with Crippen LogP contribution in [0.15, 0.2) is 18.2 Å². The molecule has 7 heteroatoms. The number of nitrogens with zero attached hydrogens (tertiary/aromatic N) is 1. The van der Waals surface area contributed by atoms with Crippen LogP contribution in [0.25, 0.3) is 0 Å². The molecule has 0 saturated carbocycles. The third kappa shape index (κ3) is 2.88. The summed E-state index contributed by atoms with van der Waals surface area (Å²) in [7, 11) is 1.52. The molecular weight excluding hydrogens is 262 g/mol. The Hall–Kier alpha value is -2.15. The number of carbonyl (C=O) groups is 1. The molecule has 2 N–H and O–H groups in total. The number of anilines is 1. The molecule has 1 amide bonds. The van der Waals surface area contributed by atoms with Gasteiger partial charge in [0.1, 0.15) is 5.69 Å². The molecule has 7 nitrogen and oxygen atoms in total. The number of benzene rings is 1. The Kier molecular flexibility index (Phi) is 3.89. The second kappa shape index (κ2) is 5.46. The molecule has 1 unspecified atom stereocenters. The van der Waals surface area contributed by atoms with Gasteiger partial charge in [-0.1, -0.05) is 0 Å². The van der Waals surface area contributed by atoms with Gasteiger partial charge < -0.3 is 15.4 Å². The Morgan fingerprint density at radius 2 is 2.25 bits per heavy atom.